The summed E-state index contributed by atoms with van der Waals surface area (Å²) in [4.78, 5) is 26.3. The molecular formula is C20H18F4N2O2. The summed E-state index contributed by atoms with van der Waals surface area (Å²) in [5, 5.41) is 2.57. The van der Waals surface area contributed by atoms with E-state index < -0.39 is 29.0 Å². The Hall–Kier alpha value is -2.90. The molecular weight excluding hydrogens is 376 g/mol. The first-order valence-electron chi connectivity index (χ1n) is 8.77. The fraction of sp³-hybridized carbons (Fsp3) is 0.300. The van der Waals surface area contributed by atoms with Crippen molar-refractivity contribution < 1.29 is 27.2 Å². The Kier molecular flexibility index (Phi) is 5.67. The van der Waals surface area contributed by atoms with Crippen LogP contribution in [0.15, 0.2) is 48.5 Å². The maximum absolute atomic E-state index is 13.8. The lowest BCUT2D eigenvalue weighted by Gasteiger charge is -2.32. The van der Waals surface area contributed by atoms with Crippen molar-refractivity contribution in [2.24, 2.45) is 0 Å². The van der Waals surface area contributed by atoms with Crippen LogP contribution in [-0.4, -0.2) is 35.8 Å². The van der Waals surface area contributed by atoms with Crippen LogP contribution in [0.3, 0.4) is 0 Å². The minimum atomic E-state index is -4.66. The Morgan fingerprint density at radius 2 is 1.64 bits per heavy atom. The van der Waals surface area contributed by atoms with E-state index in [-0.39, 0.29) is 11.9 Å². The molecule has 0 atom stereocenters. The second-order valence-corrected chi connectivity index (χ2v) is 6.60. The number of carbonyl (C=O) groups excluding carboxylic acids is 2. The first-order chi connectivity index (χ1) is 13.3. The van der Waals surface area contributed by atoms with Crippen molar-refractivity contribution in [2.45, 2.75) is 25.1 Å². The third kappa shape index (κ3) is 4.49. The molecule has 1 fully saturated rings. The monoisotopic (exact) mass is 394 g/mol. The predicted molar refractivity (Wildman–Crippen MR) is 94.2 cm³/mol. The third-order valence-corrected chi connectivity index (χ3v) is 4.68. The van der Waals surface area contributed by atoms with Crippen molar-refractivity contribution in [2.75, 3.05) is 13.1 Å². The second kappa shape index (κ2) is 8.00. The molecule has 1 heterocycles. The van der Waals surface area contributed by atoms with Crippen LogP contribution < -0.4 is 5.32 Å². The third-order valence-electron chi connectivity index (χ3n) is 4.68. The van der Waals surface area contributed by atoms with Gasteiger partial charge in [-0.05, 0) is 43.2 Å². The summed E-state index contributed by atoms with van der Waals surface area (Å²) in [7, 11) is 0. The highest BCUT2D eigenvalue weighted by Gasteiger charge is 2.32. The first-order valence-corrected chi connectivity index (χ1v) is 8.77. The fourth-order valence-electron chi connectivity index (χ4n) is 3.13. The molecule has 0 spiro atoms. The molecule has 1 aliphatic heterocycles. The van der Waals surface area contributed by atoms with Crippen LogP contribution in [0.5, 0.6) is 0 Å². The van der Waals surface area contributed by atoms with Gasteiger partial charge < -0.3 is 10.2 Å². The van der Waals surface area contributed by atoms with Crippen molar-refractivity contribution in [3.8, 4) is 0 Å². The molecule has 8 heteroatoms. The molecule has 4 nitrogen and oxygen atoms in total. The van der Waals surface area contributed by atoms with Gasteiger partial charge in [0.2, 0.25) is 0 Å². The number of piperidine rings is 1. The summed E-state index contributed by atoms with van der Waals surface area (Å²) in [5.74, 6) is -2.02. The molecule has 1 N–H and O–H groups in total. The van der Waals surface area contributed by atoms with Gasteiger partial charge in [-0.1, -0.05) is 18.2 Å². The van der Waals surface area contributed by atoms with Crippen LogP contribution >= 0.6 is 0 Å². The predicted octanol–water partition coefficient (Wildman–Crippen LogP) is 3.88. The summed E-state index contributed by atoms with van der Waals surface area (Å²) < 4.78 is 52.2. The van der Waals surface area contributed by atoms with Crippen molar-refractivity contribution in [1.82, 2.24) is 10.2 Å². The zero-order valence-electron chi connectivity index (χ0n) is 14.8. The average molecular weight is 394 g/mol. The van der Waals surface area contributed by atoms with E-state index in [9.17, 15) is 27.2 Å². The summed E-state index contributed by atoms with van der Waals surface area (Å²) in [6.07, 6.45) is -3.79. The van der Waals surface area contributed by atoms with E-state index in [0.29, 0.717) is 49.7 Å². The molecule has 0 bridgehead atoms. The maximum atomic E-state index is 13.8. The number of likely N-dealkylation sites (tertiary alicyclic amines) is 1. The standard InChI is InChI=1S/C20H18F4N2O2/c21-17-7-6-14(20(22,23)24)12-16(17)18(27)25-15-8-10-26(11-9-15)19(28)13-4-2-1-3-5-13/h1-7,12,15H,8-11H2,(H,25,27). The molecule has 3 rings (SSSR count). The van der Waals surface area contributed by atoms with Crippen LogP contribution in [-0.2, 0) is 6.18 Å². The van der Waals surface area contributed by atoms with E-state index in [1.807, 2.05) is 6.07 Å². The Morgan fingerprint density at radius 1 is 1.00 bits per heavy atom. The number of amides is 2. The molecule has 2 aromatic carbocycles. The molecule has 2 amide bonds. The average Bonchev–Trinajstić information content (AvgIpc) is 2.68. The zero-order valence-corrected chi connectivity index (χ0v) is 14.8. The summed E-state index contributed by atoms with van der Waals surface area (Å²) >= 11 is 0. The lowest BCUT2D eigenvalue weighted by atomic mass is 10.0. The van der Waals surface area contributed by atoms with Gasteiger partial charge in [-0.15, -0.1) is 0 Å². The number of rotatable bonds is 3. The van der Waals surface area contributed by atoms with Gasteiger partial charge >= 0.3 is 6.18 Å². The number of hydrogen-bond donors (Lipinski definition) is 1. The van der Waals surface area contributed by atoms with Gasteiger partial charge in [0, 0.05) is 24.7 Å². The maximum Gasteiger partial charge on any atom is 0.416 e. The minimum absolute atomic E-state index is 0.116. The van der Waals surface area contributed by atoms with Crippen LogP contribution in [0.25, 0.3) is 0 Å². The van der Waals surface area contributed by atoms with E-state index in [1.165, 1.54) is 0 Å². The molecule has 28 heavy (non-hydrogen) atoms. The Morgan fingerprint density at radius 3 is 2.25 bits per heavy atom. The number of alkyl halides is 3. The molecule has 1 aliphatic rings. The molecule has 2 aromatic rings. The largest absolute Gasteiger partial charge is 0.416 e. The van der Waals surface area contributed by atoms with Gasteiger partial charge in [0.05, 0.1) is 11.1 Å². The number of benzene rings is 2. The van der Waals surface area contributed by atoms with Crippen LogP contribution in [0.2, 0.25) is 0 Å². The first kappa shape index (κ1) is 19.9. The van der Waals surface area contributed by atoms with Crippen LogP contribution in [0, 0.1) is 5.82 Å². The molecule has 0 aliphatic carbocycles. The number of halogens is 4. The Bertz CT molecular complexity index is 860. The normalized spacial score (nSPS) is 15.4. The lowest BCUT2D eigenvalue weighted by molar-refractivity contribution is -0.137. The smallest absolute Gasteiger partial charge is 0.349 e. The number of hydrogen-bond acceptors (Lipinski definition) is 2. The number of carbonyl (C=O) groups is 2. The quantitative estimate of drug-likeness (QED) is 0.804. The highest BCUT2D eigenvalue weighted by Crippen LogP contribution is 2.30. The van der Waals surface area contributed by atoms with E-state index in [2.05, 4.69) is 5.32 Å². The molecule has 148 valence electrons. The van der Waals surface area contributed by atoms with E-state index in [0.717, 1.165) is 0 Å². The topological polar surface area (TPSA) is 49.4 Å². The van der Waals surface area contributed by atoms with Gasteiger partial charge in [-0.2, -0.15) is 13.2 Å². The molecule has 0 radical (unpaired) electrons. The van der Waals surface area contributed by atoms with Crippen molar-refractivity contribution >= 4 is 11.8 Å². The van der Waals surface area contributed by atoms with Crippen molar-refractivity contribution in [1.29, 1.82) is 0 Å². The summed E-state index contributed by atoms with van der Waals surface area (Å²) in [6, 6.07) is 10.2. The molecule has 1 saturated heterocycles. The van der Waals surface area contributed by atoms with Gasteiger partial charge in [0.1, 0.15) is 5.82 Å². The second-order valence-electron chi connectivity index (χ2n) is 6.60. The molecule has 0 saturated carbocycles. The lowest BCUT2D eigenvalue weighted by Crippen LogP contribution is -2.46. The van der Waals surface area contributed by atoms with Gasteiger partial charge in [-0.3, -0.25) is 9.59 Å². The highest BCUT2D eigenvalue weighted by molar-refractivity contribution is 5.95. The number of nitrogens with zero attached hydrogens (tertiary/aromatic N) is 1. The van der Waals surface area contributed by atoms with E-state index >= 15 is 0 Å². The highest BCUT2D eigenvalue weighted by atomic mass is 19.4. The van der Waals surface area contributed by atoms with Gasteiger partial charge in [-0.25, -0.2) is 4.39 Å². The van der Waals surface area contributed by atoms with Gasteiger partial charge in [0.15, 0.2) is 0 Å². The Balaban J connectivity index is 1.61. The summed E-state index contributed by atoms with van der Waals surface area (Å²) in [5.41, 5.74) is -1.16. The van der Waals surface area contributed by atoms with Crippen LogP contribution in [0.1, 0.15) is 39.1 Å². The summed E-state index contributed by atoms with van der Waals surface area (Å²) in [6.45, 7) is 0.785. The van der Waals surface area contributed by atoms with Crippen molar-refractivity contribution in [3.05, 3.63) is 71.0 Å². The van der Waals surface area contributed by atoms with E-state index in [1.54, 1.807) is 29.2 Å². The fourth-order valence-corrected chi connectivity index (χ4v) is 3.13. The SMILES string of the molecule is O=C(NC1CCN(C(=O)c2ccccc2)CC1)c1cc(C(F)(F)F)ccc1F. The van der Waals surface area contributed by atoms with E-state index in [4.69, 9.17) is 0 Å². The molecule has 0 unspecified atom stereocenters. The minimum Gasteiger partial charge on any atom is -0.349 e. The van der Waals surface area contributed by atoms with Crippen molar-refractivity contribution in [3.63, 3.8) is 0 Å². The number of nitrogens with one attached hydrogen (secondary N) is 1. The van der Waals surface area contributed by atoms with Crippen LogP contribution in [0.4, 0.5) is 17.6 Å². The molecule has 0 aromatic heterocycles. The van der Waals surface area contributed by atoms with Gasteiger partial charge in [0.25, 0.3) is 11.8 Å². The Labute approximate surface area is 159 Å². The zero-order chi connectivity index (χ0) is 20.3.